The van der Waals surface area contributed by atoms with E-state index in [1.807, 2.05) is 6.07 Å². The first-order valence-corrected chi connectivity index (χ1v) is 8.02. The average Bonchev–Trinajstić information content (AvgIpc) is 2.84. The van der Waals surface area contributed by atoms with Crippen molar-refractivity contribution in [3.05, 3.63) is 44.4 Å². The van der Waals surface area contributed by atoms with Crippen LogP contribution in [0.2, 0.25) is 10.0 Å². The molecule has 0 atom stereocenters. The van der Waals surface area contributed by atoms with E-state index in [1.165, 1.54) is 23.4 Å². The molecule has 0 bridgehead atoms. The van der Waals surface area contributed by atoms with E-state index in [1.54, 1.807) is 29.7 Å². The third-order valence-corrected chi connectivity index (χ3v) is 4.80. The van der Waals surface area contributed by atoms with Crippen LogP contribution in [-0.2, 0) is 12.8 Å². The van der Waals surface area contributed by atoms with Gasteiger partial charge in [0, 0.05) is 15.5 Å². The fourth-order valence-corrected chi connectivity index (χ4v) is 3.62. The zero-order valence-electron chi connectivity index (χ0n) is 11.1. The summed E-state index contributed by atoms with van der Waals surface area (Å²) in [5.41, 5.74) is 5.03. The van der Waals surface area contributed by atoms with Gasteiger partial charge in [-0.3, -0.25) is 5.43 Å². The van der Waals surface area contributed by atoms with Gasteiger partial charge in [-0.05, 0) is 37.8 Å². The van der Waals surface area contributed by atoms with E-state index in [0.29, 0.717) is 10.0 Å². The van der Waals surface area contributed by atoms with Crippen LogP contribution < -0.4 is 17.8 Å². The van der Waals surface area contributed by atoms with E-state index in [2.05, 4.69) is 15.5 Å². The number of benzene rings is 1. The number of rotatable bonds is 3. The molecular formula is C14H13Cl3N3S-. The van der Waals surface area contributed by atoms with Crippen molar-refractivity contribution in [2.24, 2.45) is 5.10 Å². The number of nitrogens with zero attached hydrogens (tertiary/aromatic N) is 2. The summed E-state index contributed by atoms with van der Waals surface area (Å²) >= 11 is 13.6. The van der Waals surface area contributed by atoms with Gasteiger partial charge >= 0.3 is 0 Å². The molecule has 1 aliphatic carbocycles. The molecule has 1 heterocycles. The summed E-state index contributed by atoms with van der Waals surface area (Å²) in [6.45, 7) is 0. The summed E-state index contributed by atoms with van der Waals surface area (Å²) < 4.78 is 0. The largest absolute Gasteiger partial charge is 1.00 e. The first-order chi connectivity index (χ1) is 9.72. The normalized spacial score (nSPS) is 13.8. The van der Waals surface area contributed by atoms with E-state index in [0.717, 1.165) is 23.5 Å². The topological polar surface area (TPSA) is 37.3 Å². The molecule has 2 aromatic rings. The molecular weight excluding hydrogens is 349 g/mol. The predicted molar refractivity (Wildman–Crippen MR) is 86.4 cm³/mol. The van der Waals surface area contributed by atoms with E-state index >= 15 is 0 Å². The van der Waals surface area contributed by atoms with Crippen molar-refractivity contribution in [3.63, 3.8) is 0 Å². The van der Waals surface area contributed by atoms with Crippen LogP contribution in [0.3, 0.4) is 0 Å². The van der Waals surface area contributed by atoms with Gasteiger partial charge in [-0.2, -0.15) is 5.10 Å². The van der Waals surface area contributed by atoms with Gasteiger partial charge in [-0.15, -0.1) is 11.3 Å². The lowest BCUT2D eigenvalue weighted by Gasteiger charge is -2.06. The SMILES string of the molecule is Clc1ccc(C=NNc2nc3c(s2)CCCC3)c(Cl)c1.[Cl-]. The first kappa shape index (κ1) is 16.6. The molecule has 112 valence electrons. The number of hydrogen-bond donors (Lipinski definition) is 1. The lowest BCUT2D eigenvalue weighted by atomic mass is 10.0. The van der Waals surface area contributed by atoms with Gasteiger partial charge in [0.15, 0.2) is 0 Å². The van der Waals surface area contributed by atoms with E-state index in [-0.39, 0.29) is 12.4 Å². The second kappa shape index (κ2) is 7.45. The van der Waals surface area contributed by atoms with Gasteiger partial charge in [-0.25, -0.2) is 4.98 Å². The number of hydrogen-bond acceptors (Lipinski definition) is 4. The molecule has 0 saturated carbocycles. The van der Waals surface area contributed by atoms with Crippen molar-refractivity contribution in [1.29, 1.82) is 0 Å². The highest BCUT2D eigenvalue weighted by atomic mass is 35.5. The number of anilines is 1. The minimum atomic E-state index is 0. The summed E-state index contributed by atoms with van der Waals surface area (Å²) in [7, 11) is 0. The number of hydrazone groups is 1. The molecule has 0 spiro atoms. The molecule has 0 fully saturated rings. The van der Waals surface area contributed by atoms with Gasteiger partial charge < -0.3 is 12.4 Å². The second-order valence-corrected chi connectivity index (χ2v) is 6.56. The minimum Gasteiger partial charge on any atom is -1.00 e. The lowest BCUT2D eigenvalue weighted by molar-refractivity contribution is -0.00000381. The van der Waals surface area contributed by atoms with Crippen molar-refractivity contribution in [3.8, 4) is 0 Å². The fraction of sp³-hybridized carbons (Fsp3) is 0.286. The molecule has 0 saturated heterocycles. The monoisotopic (exact) mass is 360 g/mol. The number of nitrogens with one attached hydrogen (secondary N) is 1. The maximum atomic E-state index is 6.08. The van der Waals surface area contributed by atoms with E-state index < -0.39 is 0 Å². The van der Waals surface area contributed by atoms with Gasteiger partial charge in [0.25, 0.3) is 0 Å². The van der Waals surface area contributed by atoms with E-state index in [9.17, 15) is 0 Å². The summed E-state index contributed by atoms with van der Waals surface area (Å²) in [6.07, 6.45) is 6.40. The molecule has 1 aromatic heterocycles. The number of aromatic nitrogens is 1. The Hall–Kier alpha value is -0.810. The Kier molecular flexibility index (Phi) is 5.88. The third kappa shape index (κ3) is 4.10. The van der Waals surface area contributed by atoms with Gasteiger partial charge in [0.05, 0.1) is 16.9 Å². The van der Waals surface area contributed by atoms with Crippen molar-refractivity contribution < 1.29 is 12.4 Å². The molecule has 7 heteroatoms. The van der Waals surface area contributed by atoms with Gasteiger partial charge in [0.1, 0.15) is 0 Å². The minimum absolute atomic E-state index is 0. The van der Waals surface area contributed by atoms with Crippen LogP contribution in [0, 0.1) is 0 Å². The highest BCUT2D eigenvalue weighted by Gasteiger charge is 2.14. The van der Waals surface area contributed by atoms with Crippen LogP contribution in [0.5, 0.6) is 0 Å². The molecule has 3 rings (SSSR count). The van der Waals surface area contributed by atoms with E-state index in [4.69, 9.17) is 23.2 Å². The molecule has 0 aliphatic heterocycles. The summed E-state index contributed by atoms with van der Waals surface area (Å²) in [5, 5.41) is 6.24. The van der Waals surface area contributed by atoms with Crippen LogP contribution in [0.4, 0.5) is 5.13 Å². The Morgan fingerprint density at radius 1 is 1.24 bits per heavy atom. The third-order valence-electron chi connectivity index (χ3n) is 3.17. The summed E-state index contributed by atoms with van der Waals surface area (Å²) in [4.78, 5) is 5.95. The molecule has 21 heavy (non-hydrogen) atoms. The maximum Gasteiger partial charge on any atom is 0.203 e. The predicted octanol–water partition coefficient (Wildman–Crippen LogP) is 1.78. The fourth-order valence-electron chi connectivity index (χ4n) is 2.16. The number of thiazole rings is 1. The molecule has 0 unspecified atom stereocenters. The molecule has 0 radical (unpaired) electrons. The standard InChI is InChI=1S/C14H13Cl2N3S.ClH/c15-10-6-5-9(11(16)7-10)8-17-19-14-18-12-3-1-2-4-13(12)20-14;/h5-8H,1-4H2,(H,18,19);1H/p-1. The lowest BCUT2D eigenvalue weighted by Crippen LogP contribution is -3.00. The summed E-state index contributed by atoms with van der Waals surface area (Å²) in [5.74, 6) is 0. The van der Waals surface area contributed by atoms with Crippen molar-refractivity contribution in [1.82, 2.24) is 4.98 Å². The maximum absolute atomic E-state index is 6.08. The first-order valence-electron chi connectivity index (χ1n) is 6.45. The number of halogens is 3. The highest BCUT2D eigenvalue weighted by molar-refractivity contribution is 7.15. The number of aryl methyl sites for hydroxylation is 2. The van der Waals surface area contributed by atoms with Crippen molar-refractivity contribution >= 4 is 45.9 Å². The average molecular weight is 362 g/mol. The zero-order chi connectivity index (χ0) is 13.9. The Bertz CT molecular complexity index is 631. The Morgan fingerprint density at radius 3 is 2.81 bits per heavy atom. The van der Waals surface area contributed by atoms with Crippen LogP contribution in [0.25, 0.3) is 0 Å². The second-order valence-electron chi connectivity index (χ2n) is 4.63. The molecule has 0 amide bonds. The highest BCUT2D eigenvalue weighted by Crippen LogP contribution is 2.29. The van der Waals surface area contributed by atoms with Crippen molar-refractivity contribution in [2.75, 3.05) is 5.43 Å². The molecule has 1 N–H and O–H groups in total. The Balaban J connectivity index is 0.00000161. The Labute approximate surface area is 143 Å². The van der Waals surface area contributed by atoms with Crippen LogP contribution in [-0.4, -0.2) is 11.2 Å². The van der Waals surface area contributed by atoms with Crippen LogP contribution >= 0.6 is 34.5 Å². The molecule has 1 aliphatic rings. The molecule has 3 nitrogen and oxygen atoms in total. The van der Waals surface area contributed by atoms with Gasteiger partial charge in [0.2, 0.25) is 5.13 Å². The smallest absolute Gasteiger partial charge is 0.203 e. The molecule has 1 aromatic carbocycles. The number of fused-ring (bicyclic) bond motifs is 1. The summed E-state index contributed by atoms with van der Waals surface area (Å²) in [6, 6.07) is 5.33. The zero-order valence-corrected chi connectivity index (χ0v) is 14.2. The quantitative estimate of drug-likeness (QED) is 0.668. The van der Waals surface area contributed by atoms with Crippen LogP contribution in [0.1, 0.15) is 29.0 Å². The van der Waals surface area contributed by atoms with Gasteiger partial charge in [-0.1, -0.05) is 29.3 Å². The Morgan fingerprint density at radius 2 is 2.05 bits per heavy atom. The van der Waals surface area contributed by atoms with Crippen LogP contribution in [0.15, 0.2) is 23.3 Å². The van der Waals surface area contributed by atoms with Crippen molar-refractivity contribution in [2.45, 2.75) is 25.7 Å².